The molecule has 2 rings (SSSR count). The number of halogens is 1. The molecular weight excluding hydrogens is 247 g/mol. The van der Waals surface area contributed by atoms with E-state index in [4.69, 9.17) is 5.11 Å². The van der Waals surface area contributed by atoms with Crippen LogP contribution in [-0.2, 0) is 6.54 Å². The molecule has 0 fully saturated rings. The van der Waals surface area contributed by atoms with Crippen LogP contribution in [0.1, 0.15) is 15.9 Å². The molecular formula is C14H13FN2O2. The molecule has 0 aliphatic carbocycles. The minimum Gasteiger partial charge on any atom is -0.478 e. The molecule has 0 aliphatic rings. The van der Waals surface area contributed by atoms with Crippen molar-refractivity contribution in [1.82, 2.24) is 4.98 Å². The number of carboxylic acids is 1. The van der Waals surface area contributed by atoms with Crippen molar-refractivity contribution in [2.24, 2.45) is 0 Å². The smallest absolute Gasteiger partial charge is 0.335 e. The van der Waals surface area contributed by atoms with Gasteiger partial charge in [-0.25, -0.2) is 14.2 Å². The summed E-state index contributed by atoms with van der Waals surface area (Å²) >= 11 is 0. The molecule has 0 saturated heterocycles. The first-order valence-electron chi connectivity index (χ1n) is 5.71. The second-order valence-electron chi connectivity index (χ2n) is 4.19. The van der Waals surface area contributed by atoms with E-state index in [2.05, 4.69) is 4.98 Å². The summed E-state index contributed by atoms with van der Waals surface area (Å²) in [5.41, 5.74) is 1.11. The number of carboxylic acid groups (broad SMARTS) is 1. The van der Waals surface area contributed by atoms with Gasteiger partial charge in [0.2, 0.25) is 0 Å². The first kappa shape index (κ1) is 13.0. The number of aromatic carboxylic acids is 1. The molecule has 0 amide bonds. The fourth-order valence-corrected chi connectivity index (χ4v) is 1.70. The number of aromatic nitrogens is 1. The molecule has 0 unspecified atom stereocenters. The highest BCUT2D eigenvalue weighted by molar-refractivity contribution is 5.88. The van der Waals surface area contributed by atoms with Crippen LogP contribution < -0.4 is 4.90 Å². The number of hydrogen-bond acceptors (Lipinski definition) is 3. The van der Waals surface area contributed by atoms with E-state index in [-0.39, 0.29) is 11.4 Å². The zero-order valence-corrected chi connectivity index (χ0v) is 10.4. The first-order valence-corrected chi connectivity index (χ1v) is 5.71. The zero-order chi connectivity index (χ0) is 13.8. The average Bonchev–Trinajstić information content (AvgIpc) is 2.41. The maximum absolute atomic E-state index is 12.8. The van der Waals surface area contributed by atoms with Crippen LogP contribution in [0.15, 0.2) is 42.6 Å². The molecule has 0 aliphatic heterocycles. The molecule has 1 aromatic heterocycles. The molecule has 0 radical (unpaired) electrons. The van der Waals surface area contributed by atoms with E-state index >= 15 is 0 Å². The molecule has 4 nitrogen and oxygen atoms in total. The van der Waals surface area contributed by atoms with Gasteiger partial charge in [0.1, 0.15) is 11.6 Å². The van der Waals surface area contributed by atoms with Gasteiger partial charge in [0.05, 0.1) is 5.56 Å². The summed E-state index contributed by atoms with van der Waals surface area (Å²) in [6, 6.07) is 9.11. The SMILES string of the molecule is CN(Cc1ccc(F)cc1)c1cc(C(=O)O)ccn1. The van der Waals surface area contributed by atoms with E-state index < -0.39 is 5.97 Å². The van der Waals surface area contributed by atoms with Crippen molar-refractivity contribution >= 4 is 11.8 Å². The Labute approximate surface area is 110 Å². The second-order valence-corrected chi connectivity index (χ2v) is 4.19. The number of carbonyl (C=O) groups is 1. The molecule has 0 atom stereocenters. The number of benzene rings is 1. The zero-order valence-electron chi connectivity index (χ0n) is 10.4. The number of pyridine rings is 1. The van der Waals surface area contributed by atoms with Crippen LogP contribution in [0.2, 0.25) is 0 Å². The molecule has 1 heterocycles. The maximum Gasteiger partial charge on any atom is 0.335 e. The summed E-state index contributed by atoms with van der Waals surface area (Å²) < 4.78 is 12.8. The highest BCUT2D eigenvalue weighted by atomic mass is 19.1. The molecule has 2 aromatic rings. The summed E-state index contributed by atoms with van der Waals surface area (Å²) in [7, 11) is 1.80. The van der Waals surface area contributed by atoms with Crippen LogP contribution in [-0.4, -0.2) is 23.1 Å². The van der Waals surface area contributed by atoms with Crippen LogP contribution >= 0.6 is 0 Å². The second kappa shape index (κ2) is 5.48. The Bertz CT molecular complexity index is 584. The van der Waals surface area contributed by atoms with Crippen LogP contribution in [0, 0.1) is 5.82 Å². The lowest BCUT2D eigenvalue weighted by Gasteiger charge is -2.18. The fourth-order valence-electron chi connectivity index (χ4n) is 1.70. The summed E-state index contributed by atoms with van der Waals surface area (Å²) in [6.07, 6.45) is 1.46. The van der Waals surface area contributed by atoms with Crippen LogP contribution in [0.25, 0.3) is 0 Å². The van der Waals surface area contributed by atoms with Gasteiger partial charge in [-0.3, -0.25) is 0 Å². The molecule has 0 spiro atoms. The van der Waals surface area contributed by atoms with Crippen LogP contribution in [0.5, 0.6) is 0 Å². The monoisotopic (exact) mass is 260 g/mol. The first-order chi connectivity index (χ1) is 9.06. The molecule has 0 saturated carbocycles. The van der Waals surface area contributed by atoms with Crippen molar-refractivity contribution < 1.29 is 14.3 Å². The number of hydrogen-bond donors (Lipinski definition) is 1. The van der Waals surface area contributed by atoms with E-state index in [1.807, 2.05) is 0 Å². The van der Waals surface area contributed by atoms with Gasteiger partial charge in [-0.05, 0) is 29.8 Å². The van der Waals surface area contributed by atoms with Gasteiger partial charge in [0.15, 0.2) is 0 Å². The van der Waals surface area contributed by atoms with E-state index in [9.17, 15) is 9.18 Å². The van der Waals surface area contributed by atoms with Crippen molar-refractivity contribution in [3.8, 4) is 0 Å². The fraction of sp³-hybridized carbons (Fsp3) is 0.143. The quantitative estimate of drug-likeness (QED) is 0.917. The lowest BCUT2D eigenvalue weighted by Crippen LogP contribution is -2.18. The molecule has 1 aromatic carbocycles. The minimum atomic E-state index is -0.987. The van der Waals surface area contributed by atoms with E-state index in [1.54, 1.807) is 24.1 Å². The van der Waals surface area contributed by atoms with Crippen LogP contribution in [0.3, 0.4) is 0 Å². The van der Waals surface area contributed by atoms with E-state index in [1.165, 1.54) is 30.5 Å². The third-order valence-corrected chi connectivity index (χ3v) is 2.72. The predicted molar refractivity (Wildman–Crippen MR) is 69.7 cm³/mol. The third-order valence-electron chi connectivity index (χ3n) is 2.72. The number of anilines is 1. The van der Waals surface area contributed by atoms with E-state index in [0.717, 1.165) is 5.56 Å². The highest BCUT2D eigenvalue weighted by Crippen LogP contribution is 2.14. The maximum atomic E-state index is 12.8. The molecule has 1 N–H and O–H groups in total. The lowest BCUT2D eigenvalue weighted by atomic mass is 10.2. The van der Waals surface area contributed by atoms with Crippen molar-refractivity contribution in [2.75, 3.05) is 11.9 Å². The molecule has 0 bridgehead atoms. The van der Waals surface area contributed by atoms with Crippen molar-refractivity contribution in [2.45, 2.75) is 6.54 Å². The lowest BCUT2D eigenvalue weighted by molar-refractivity contribution is 0.0697. The Hall–Kier alpha value is -2.43. The largest absolute Gasteiger partial charge is 0.478 e. The van der Waals surface area contributed by atoms with Crippen LogP contribution in [0.4, 0.5) is 10.2 Å². The topological polar surface area (TPSA) is 53.4 Å². The van der Waals surface area contributed by atoms with Gasteiger partial charge in [-0.15, -0.1) is 0 Å². The Balaban J connectivity index is 2.15. The summed E-state index contributed by atoms with van der Waals surface area (Å²) in [6.45, 7) is 0.524. The van der Waals surface area contributed by atoms with Gasteiger partial charge < -0.3 is 10.0 Å². The summed E-state index contributed by atoms with van der Waals surface area (Å²) in [5.74, 6) is -0.708. The molecule has 5 heteroatoms. The Morgan fingerprint density at radius 1 is 1.32 bits per heavy atom. The number of rotatable bonds is 4. The van der Waals surface area contributed by atoms with Crippen molar-refractivity contribution in [1.29, 1.82) is 0 Å². The van der Waals surface area contributed by atoms with Gasteiger partial charge in [0, 0.05) is 19.8 Å². The van der Waals surface area contributed by atoms with Gasteiger partial charge in [-0.1, -0.05) is 12.1 Å². The average molecular weight is 260 g/mol. The third kappa shape index (κ3) is 3.28. The molecule has 19 heavy (non-hydrogen) atoms. The van der Waals surface area contributed by atoms with Gasteiger partial charge in [-0.2, -0.15) is 0 Å². The van der Waals surface area contributed by atoms with Crippen molar-refractivity contribution in [3.05, 3.63) is 59.5 Å². The number of nitrogens with zero attached hydrogens (tertiary/aromatic N) is 2. The van der Waals surface area contributed by atoms with E-state index in [0.29, 0.717) is 12.4 Å². The summed E-state index contributed by atoms with van der Waals surface area (Å²) in [4.78, 5) is 16.8. The summed E-state index contributed by atoms with van der Waals surface area (Å²) in [5, 5.41) is 8.92. The van der Waals surface area contributed by atoms with Crippen molar-refractivity contribution in [3.63, 3.8) is 0 Å². The van der Waals surface area contributed by atoms with Gasteiger partial charge >= 0.3 is 5.97 Å². The van der Waals surface area contributed by atoms with Gasteiger partial charge in [0.25, 0.3) is 0 Å². The minimum absolute atomic E-state index is 0.191. The Morgan fingerprint density at radius 2 is 2.00 bits per heavy atom. The Kier molecular flexibility index (Phi) is 3.75. The Morgan fingerprint density at radius 3 is 2.63 bits per heavy atom. The predicted octanol–water partition coefficient (Wildman–Crippen LogP) is 2.56. The highest BCUT2D eigenvalue weighted by Gasteiger charge is 2.08. The normalized spacial score (nSPS) is 10.2. The molecule has 98 valence electrons. The standard InChI is InChI=1S/C14H13FN2O2/c1-17(9-10-2-4-12(15)5-3-10)13-8-11(14(18)19)6-7-16-13/h2-8H,9H2,1H3,(H,18,19).